The minimum atomic E-state index is -0.110. The van der Waals surface area contributed by atoms with Crippen molar-refractivity contribution in [2.24, 2.45) is 5.73 Å². The van der Waals surface area contributed by atoms with Gasteiger partial charge in [-0.15, -0.1) is 0 Å². The first-order valence-corrected chi connectivity index (χ1v) is 2.91. The summed E-state index contributed by atoms with van der Waals surface area (Å²) in [5, 5.41) is 11.9. The lowest BCUT2D eigenvalue weighted by Gasteiger charge is -2.00. The molecule has 0 aliphatic heterocycles. The highest BCUT2D eigenvalue weighted by molar-refractivity contribution is 5.81. The van der Waals surface area contributed by atoms with Crippen LogP contribution in [0.25, 0.3) is 0 Å². The Balaban J connectivity index is 3.20. The first-order valence-electron chi connectivity index (χ1n) is 2.91. The average Bonchev–Trinajstić information content (AvgIpc) is 1.87. The molecule has 0 saturated carbocycles. The Kier molecular flexibility index (Phi) is 4.23. The monoisotopic (exact) mass is 144 g/mol. The molecular weight excluding hydrogens is 132 g/mol. The van der Waals surface area contributed by atoms with Crippen molar-refractivity contribution < 1.29 is 4.79 Å². The summed E-state index contributed by atoms with van der Waals surface area (Å²) in [5.41, 5.74) is 5.01. The number of nitrogens with one attached hydrogen (secondary N) is 3. The highest BCUT2D eigenvalue weighted by Crippen LogP contribution is 1.60. The predicted octanol–water partition coefficient (Wildman–Crippen LogP) is -1.74. The molecule has 0 bridgehead atoms. The SMILES string of the molecule is CNC(=O)CNCC(=N)N. The van der Waals surface area contributed by atoms with Crippen molar-refractivity contribution in [2.75, 3.05) is 20.1 Å². The van der Waals surface area contributed by atoms with Crippen LogP contribution in [0.2, 0.25) is 0 Å². The van der Waals surface area contributed by atoms with Crippen LogP contribution in [-0.2, 0) is 4.79 Å². The van der Waals surface area contributed by atoms with Crippen LogP contribution in [0, 0.1) is 5.41 Å². The van der Waals surface area contributed by atoms with Gasteiger partial charge in [0.25, 0.3) is 0 Å². The summed E-state index contributed by atoms with van der Waals surface area (Å²) < 4.78 is 0. The molecule has 0 aromatic carbocycles. The molecule has 0 fully saturated rings. The van der Waals surface area contributed by atoms with E-state index in [1.165, 1.54) is 0 Å². The molecule has 0 aliphatic carbocycles. The van der Waals surface area contributed by atoms with E-state index in [0.29, 0.717) is 0 Å². The Labute approximate surface area is 59.5 Å². The number of rotatable bonds is 4. The highest BCUT2D eigenvalue weighted by Gasteiger charge is 1.95. The Bertz CT molecular complexity index is 134. The van der Waals surface area contributed by atoms with Gasteiger partial charge < -0.3 is 16.4 Å². The molecule has 0 radical (unpaired) electrons. The molecule has 0 saturated heterocycles. The normalized spacial score (nSPS) is 8.90. The van der Waals surface area contributed by atoms with E-state index in [2.05, 4.69) is 10.6 Å². The minimum Gasteiger partial charge on any atom is -0.387 e. The summed E-state index contributed by atoms with van der Waals surface area (Å²) >= 11 is 0. The van der Waals surface area contributed by atoms with Gasteiger partial charge in [0.15, 0.2) is 0 Å². The van der Waals surface area contributed by atoms with E-state index in [4.69, 9.17) is 11.1 Å². The second-order valence-electron chi connectivity index (χ2n) is 1.80. The van der Waals surface area contributed by atoms with E-state index in [-0.39, 0.29) is 24.8 Å². The standard InChI is InChI=1S/C5H12N4O/c1-8-5(10)3-9-2-4(6)7/h9H,2-3H2,1H3,(H3,6,7)(H,8,10). The van der Waals surface area contributed by atoms with E-state index < -0.39 is 0 Å². The van der Waals surface area contributed by atoms with Gasteiger partial charge in [0.05, 0.1) is 13.1 Å². The molecule has 5 N–H and O–H groups in total. The Morgan fingerprint density at radius 3 is 2.60 bits per heavy atom. The lowest BCUT2D eigenvalue weighted by molar-refractivity contribution is -0.119. The number of amides is 1. The van der Waals surface area contributed by atoms with Gasteiger partial charge in [-0.2, -0.15) is 0 Å². The maximum Gasteiger partial charge on any atom is 0.233 e. The third-order valence-electron chi connectivity index (χ3n) is 0.880. The van der Waals surface area contributed by atoms with Gasteiger partial charge in [0, 0.05) is 7.05 Å². The fourth-order valence-corrected chi connectivity index (χ4v) is 0.399. The Hall–Kier alpha value is -1.10. The van der Waals surface area contributed by atoms with Crippen LogP contribution in [-0.4, -0.2) is 31.9 Å². The molecule has 0 spiro atoms. The largest absolute Gasteiger partial charge is 0.387 e. The number of amidine groups is 1. The quantitative estimate of drug-likeness (QED) is 0.279. The summed E-state index contributed by atoms with van der Waals surface area (Å²) in [7, 11) is 1.55. The van der Waals surface area contributed by atoms with E-state index in [1.54, 1.807) is 7.05 Å². The van der Waals surface area contributed by atoms with Crippen molar-refractivity contribution in [1.29, 1.82) is 5.41 Å². The van der Waals surface area contributed by atoms with Gasteiger partial charge in [-0.25, -0.2) is 0 Å². The van der Waals surface area contributed by atoms with E-state index in [0.717, 1.165) is 0 Å². The Morgan fingerprint density at radius 1 is 1.60 bits per heavy atom. The molecule has 0 unspecified atom stereocenters. The maximum atomic E-state index is 10.5. The van der Waals surface area contributed by atoms with Gasteiger partial charge in [-0.1, -0.05) is 0 Å². The van der Waals surface area contributed by atoms with Crippen molar-refractivity contribution >= 4 is 11.7 Å². The van der Waals surface area contributed by atoms with Gasteiger partial charge in [0.1, 0.15) is 5.84 Å². The summed E-state index contributed by atoms with van der Waals surface area (Å²) in [4.78, 5) is 10.5. The zero-order chi connectivity index (χ0) is 7.98. The number of nitrogens with two attached hydrogens (primary N) is 1. The number of likely N-dealkylation sites (N-methyl/N-ethyl adjacent to an activating group) is 1. The van der Waals surface area contributed by atoms with Crippen LogP contribution in [0.4, 0.5) is 0 Å². The fourth-order valence-electron chi connectivity index (χ4n) is 0.399. The topological polar surface area (TPSA) is 91.0 Å². The van der Waals surface area contributed by atoms with Gasteiger partial charge in [-0.3, -0.25) is 10.2 Å². The zero-order valence-corrected chi connectivity index (χ0v) is 5.90. The van der Waals surface area contributed by atoms with E-state index >= 15 is 0 Å². The molecule has 1 amide bonds. The molecule has 10 heavy (non-hydrogen) atoms. The molecular formula is C5H12N4O. The van der Waals surface area contributed by atoms with Gasteiger partial charge >= 0.3 is 0 Å². The molecule has 5 nitrogen and oxygen atoms in total. The molecule has 0 rings (SSSR count). The zero-order valence-electron chi connectivity index (χ0n) is 5.90. The molecule has 0 aliphatic rings. The highest BCUT2D eigenvalue weighted by atomic mass is 16.1. The first kappa shape index (κ1) is 8.90. The lowest BCUT2D eigenvalue weighted by atomic mass is 10.5. The average molecular weight is 144 g/mol. The molecule has 0 aromatic rings. The maximum absolute atomic E-state index is 10.5. The van der Waals surface area contributed by atoms with Crippen LogP contribution in [0.1, 0.15) is 0 Å². The molecule has 0 atom stereocenters. The summed E-state index contributed by atoms with van der Waals surface area (Å²) in [6, 6.07) is 0. The third kappa shape index (κ3) is 5.04. The molecule has 0 heterocycles. The van der Waals surface area contributed by atoms with Crippen LogP contribution >= 0.6 is 0 Å². The predicted molar refractivity (Wildman–Crippen MR) is 38.9 cm³/mol. The number of hydrogen-bond acceptors (Lipinski definition) is 3. The van der Waals surface area contributed by atoms with Crippen molar-refractivity contribution in [3.63, 3.8) is 0 Å². The van der Waals surface area contributed by atoms with Crippen molar-refractivity contribution in [2.45, 2.75) is 0 Å². The number of carbonyl (C=O) groups excluding carboxylic acids is 1. The summed E-state index contributed by atoms with van der Waals surface area (Å²) in [6.45, 7) is 0.462. The number of carbonyl (C=O) groups is 1. The van der Waals surface area contributed by atoms with Crippen molar-refractivity contribution in [3.05, 3.63) is 0 Å². The van der Waals surface area contributed by atoms with Gasteiger partial charge in [0.2, 0.25) is 5.91 Å². The van der Waals surface area contributed by atoms with Crippen LogP contribution in [0.15, 0.2) is 0 Å². The third-order valence-corrected chi connectivity index (χ3v) is 0.880. The smallest absolute Gasteiger partial charge is 0.233 e. The fraction of sp³-hybridized carbons (Fsp3) is 0.600. The van der Waals surface area contributed by atoms with Crippen molar-refractivity contribution in [3.8, 4) is 0 Å². The van der Waals surface area contributed by atoms with Gasteiger partial charge in [-0.05, 0) is 0 Å². The molecule has 0 aromatic heterocycles. The minimum absolute atomic E-state index is 0.0314. The Morgan fingerprint density at radius 2 is 2.20 bits per heavy atom. The second-order valence-corrected chi connectivity index (χ2v) is 1.80. The van der Waals surface area contributed by atoms with Crippen molar-refractivity contribution in [1.82, 2.24) is 10.6 Å². The summed E-state index contributed by atoms with van der Waals surface area (Å²) in [6.07, 6.45) is 0. The van der Waals surface area contributed by atoms with Crippen LogP contribution in [0.3, 0.4) is 0 Å². The molecule has 5 heteroatoms. The van der Waals surface area contributed by atoms with E-state index in [1.807, 2.05) is 0 Å². The number of hydrogen-bond donors (Lipinski definition) is 4. The molecule has 58 valence electrons. The second kappa shape index (κ2) is 4.75. The lowest BCUT2D eigenvalue weighted by Crippen LogP contribution is -2.36. The van der Waals surface area contributed by atoms with Crippen LogP contribution in [0.5, 0.6) is 0 Å². The van der Waals surface area contributed by atoms with E-state index in [9.17, 15) is 4.79 Å². The summed E-state index contributed by atoms with van der Waals surface area (Å²) in [5.74, 6) is -0.0786. The van der Waals surface area contributed by atoms with Crippen LogP contribution < -0.4 is 16.4 Å². The first-order chi connectivity index (χ1) is 4.66.